The van der Waals surface area contributed by atoms with Crippen LogP contribution in [0.2, 0.25) is 5.02 Å². The van der Waals surface area contributed by atoms with Gasteiger partial charge in [0.05, 0.1) is 18.1 Å². The molecule has 8 heteroatoms. The molecule has 1 fully saturated rings. The summed E-state index contributed by atoms with van der Waals surface area (Å²) in [5.41, 5.74) is 1.06. The Morgan fingerprint density at radius 2 is 2.15 bits per heavy atom. The number of esters is 1. The molecule has 1 N–H and O–H groups in total. The third-order valence-corrected chi connectivity index (χ3v) is 5.26. The van der Waals surface area contributed by atoms with E-state index in [4.69, 9.17) is 25.8 Å². The van der Waals surface area contributed by atoms with Crippen LogP contribution in [0.25, 0.3) is 0 Å². The van der Waals surface area contributed by atoms with Crippen molar-refractivity contribution >= 4 is 23.5 Å². The lowest BCUT2D eigenvalue weighted by molar-refractivity contribution is -0.145. The second-order valence-electron chi connectivity index (χ2n) is 6.84. The Morgan fingerprint density at radius 1 is 1.37 bits per heavy atom. The smallest absolute Gasteiger partial charge is 0.310 e. The van der Waals surface area contributed by atoms with E-state index in [1.807, 2.05) is 12.1 Å². The van der Waals surface area contributed by atoms with Crippen LogP contribution < -0.4 is 14.8 Å². The molecule has 2 aliphatic rings. The number of guanidine groups is 1. The molecule has 148 valence electrons. The Hall–Kier alpha value is -2.15. The van der Waals surface area contributed by atoms with E-state index >= 15 is 0 Å². The van der Waals surface area contributed by atoms with E-state index in [0.717, 1.165) is 24.5 Å². The molecule has 3 rings (SSSR count). The number of nitrogens with one attached hydrogen (secondary N) is 1. The van der Waals surface area contributed by atoms with Gasteiger partial charge in [-0.05, 0) is 30.0 Å². The van der Waals surface area contributed by atoms with E-state index in [2.05, 4.69) is 22.1 Å². The third kappa shape index (κ3) is 4.40. The van der Waals surface area contributed by atoms with Gasteiger partial charge in [0, 0.05) is 26.7 Å². The standard InChI is InChI=1S/C19H26ClN3O4/c1-12-10-23(11-14(12)18(24)25-3)19(21-2)22-5-4-13-8-15(20)17-16(9-13)26-6-7-27-17/h8-9,12,14H,4-7,10-11H2,1-3H3,(H,21,22). The summed E-state index contributed by atoms with van der Waals surface area (Å²) in [7, 11) is 3.18. The van der Waals surface area contributed by atoms with Gasteiger partial charge in [0.15, 0.2) is 17.5 Å². The zero-order valence-corrected chi connectivity index (χ0v) is 16.7. The maximum atomic E-state index is 11.9. The summed E-state index contributed by atoms with van der Waals surface area (Å²) < 4.78 is 16.1. The predicted molar refractivity (Wildman–Crippen MR) is 104 cm³/mol. The van der Waals surface area contributed by atoms with Crippen LogP contribution in [0.1, 0.15) is 12.5 Å². The molecule has 2 heterocycles. The largest absolute Gasteiger partial charge is 0.486 e. The number of carbonyl (C=O) groups is 1. The van der Waals surface area contributed by atoms with Crippen LogP contribution in [0.4, 0.5) is 0 Å². The molecule has 7 nitrogen and oxygen atoms in total. The minimum Gasteiger partial charge on any atom is -0.486 e. The van der Waals surface area contributed by atoms with Crippen molar-refractivity contribution in [2.24, 2.45) is 16.8 Å². The minimum atomic E-state index is -0.161. The number of carbonyl (C=O) groups excluding carboxylic acids is 1. The second-order valence-corrected chi connectivity index (χ2v) is 7.24. The summed E-state index contributed by atoms with van der Waals surface area (Å²) in [6, 6.07) is 3.88. The first-order valence-corrected chi connectivity index (χ1v) is 9.52. The molecule has 2 atom stereocenters. The van der Waals surface area contributed by atoms with Crippen molar-refractivity contribution in [3.63, 3.8) is 0 Å². The Morgan fingerprint density at radius 3 is 2.89 bits per heavy atom. The molecule has 2 unspecified atom stereocenters. The van der Waals surface area contributed by atoms with Gasteiger partial charge in [0.2, 0.25) is 0 Å². The maximum Gasteiger partial charge on any atom is 0.310 e. The van der Waals surface area contributed by atoms with Crippen LogP contribution in [0, 0.1) is 11.8 Å². The molecule has 27 heavy (non-hydrogen) atoms. The molecule has 1 saturated heterocycles. The Balaban J connectivity index is 1.56. The molecule has 0 spiro atoms. The molecule has 0 aliphatic carbocycles. The van der Waals surface area contributed by atoms with Crippen LogP contribution >= 0.6 is 11.6 Å². The van der Waals surface area contributed by atoms with Crippen LogP contribution in [-0.2, 0) is 16.0 Å². The zero-order chi connectivity index (χ0) is 19.4. The summed E-state index contributed by atoms with van der Waals surface area (Å²) in [5.74, 6) is 2.05. The minimum absolute atomic E-state index is 0.120. The molecule has 0 aromatic heterocycles. The number of benzene rings is 1. The van der Waals surface area contributed by atoms with E-state index in [9.17, 15) is 4.79 Å². The highest BCUT2D eigenvalue weighted by Crippen LogP contribution is 2.38. The fourth-order valence-electron chi connectivity index (χ4n) is 3.56. The highest BCUT2D eigenvalue weighted by Gasteiger charge is 2.36. The quantitative estimate of drug-likeness (QED) is 0.477. The van der Waals surface area contributed by atoms with E-state index in [1.54, 1.807) is 7.05 Å². The number of rotatable bonds is 4. The van der Waals surface area contributed by atoms with Crippen molar-refractivity contribution in [2.75, 3.05) is 47.0 Å². The Bertz CT molecular complexity index is 725. The second kappa shape index (κ2) is 8.69. The third-order valence-electron chi connectivity index (χ3n) is 4.98. The number of ether oxygens (including phenoxy) is 3. The van der Waals surface area contributed by atoms with Gasteiger partial charge in [0.25, 0.3) is 0 Å². The van der Waals surface area contributed by atoms with Crippen molar-refractivity contribution in [3.8, 4) is 11.5 Å². The van der Waals surface area contributed by atoms with Gasteiger partial charge >= 0.3 is 5.97 Å². The molecule has 1 aromatic carbocycles. The van der Waals surface area contributed by atoms with Crippen molar-refractivity contribution < 1.29 is 19.0 Å². The first-order chi connectivity index (χ1) is 13.0. The van der Waals surface area contributed by atoms with Crippen molar-refractivity contribution in [2.45, 2.75) is 13.3 Å². The number of fused-ring (bicyclic) bond motifs is 1. The van der Waals surface area contributed by atoms with Gasteiger partial charge in [-0.2, -0.15) is 0 Å². The molecule has 0 amide bonds. The van der Waals surface area contributed by atoms with Crippen LogP contribution in [0.15, 0.2) is 17.1 Å². The number of halogens is 1. The van der Waals surface area contributed by atoms with Crippen molar-refractivity contribution in [3.05, 3.63) is 22.7 Å². The molecular formula is C19H26ClN3O4. The van der Waals surface area contributed by atoms with Gasteiger partial charge in [-0.25, -0.2) is 0 Å². The molecule has 1 aromatic rings. The summed E-state index contributed by atoms with van der Waals surface area (Å²) in [6.45, 7) is 5.19. The molecule has 0 radical (unpaired) electrons. The van der Waals surface area contributed by atoms with Gasteiger partial charge in [0.1, 0.15) is 13.2 Å². The average molecular weight is 396 g/mol. The van der Waals surface area contributed by atoms with E-state index in [1.165, 1.54) is 7.11 Å². The number of likely N-dealkylation sites (tertiary alicyclic amines) is 1. The summed E-state index contributed by atoms with van der Waals surface area (Å²) in [4.78, 5) is 18.3. The Kier molecular flexibility index (Phi) is 6.31. The first-order valence-electron chi connectivity index (χ1n) is 9.15. The summed E-state index contributed by atoms with van der Waals surface area (Å²) >= 11 is 6.29. The van der Waals surface area contributed by atoms with E-state index in [0.29, 0.717) is 42.8 Å². The molecular weight excluding hydrogens is 370 g/mol. The van der Waals surface area contributed by atoms with Crippen LogP contribution in [0.3, 0.4) is 0 Å². The molecule has 2 aliphatic heterocycles. The van der Waals surface area contributed by atoms with E-state index in [-0.39, 0.29) is 17.8 Å². The predicted octanol–water partition coefficient (Wildman–Crippen LogP) is 1.97. The normalized spacial score (nSPS) is 21.9. The summed E-state index contributed by atoms with van der Waals surface area (Å²) in [6.07, 6.45) is 0.763. The molecule has 0 bridgehead atoms. The SMILES string of the molecule is CN=C(NCCc1cc(Cl)c2c(c1)OCCO2)N1CC(C)C(C(=O)OC)C1. The van der Waals surface area contributed by atoms with Gasteiger partial charge in [-0.3, -0.25) is 9.79 Å². The van der Waals surface area contributed by atoms with Crippen LogP contribution in [0.5, 0.6) is 11.5 Å². The average Bonchev–Trinajstić information content (AvgIpc) is 3.06. The van der Waals surface area contributed by atoms with Crippen molar-refractivity contribution in [1.29, 1.82) is 0 Å². The number of aliphatic imine (C=N–C) groups is 1. The number of nitrogens with zero attached hydrogens (tertiary/aromatic N) is 2. The number of methoxy groups -OCH3 is 1. The number of hydrogen-bond acceptors (Lipinski definition) is 5. The zero-order valence-electron chi connectivity index (χ0n) is 16.0. The summed E-state index contributed by atoms with van der Waals surface area (Å²) in [5, 5.41) is 3.94. The van der Waals surface area contributed by atoms with Crippen molar-refractivity contribution in [1.82, 2.24) is 10.2 Å². The molecule has 0 saturated carbocycles. The fraction of sp³-hybridized carbons (Fsp3) is 0.579. The lowest BCUT2D eigenvalue weighted by atomic mass is 9.99. The monoisotopic (exact) mass is 395 g/mol. The highest BCUT2D eigenvalue weighted by atomic mass is 35.5. The fourth-order valence-corrected chi connectivity index (χ4v) is 3.85. The number of hydrogen-bond donors (Lipinski definition) is 1. The van der Waals surface area contributed by atoms with E-state index < -0.39 is 0 Å². The van der Waals surface area contributed by atoms with Gasteiger partial charge in [-0.1, -0.05) is 18.5 Å². The van der Waals surface area contributed by atoms with Crippen LogP contribution in [-0.4, -0.2) is 63.8 Å². The maximum absolute atomic E-state index is 11.9. The Labute approximate surface area is 164 Å². The van der Waals surface area contributed by atoms with Gasteiger partial charge in [-0.15, -0.1) is 0 Å². The highest BCUT2D eigenvalue weighted by molar-refractivity contribution is 6.32. The topological polar surface area (TPSA) is 72.4 Å². The lowest BCUT2D eigenvalue weighted by Crippen LogP contribution is -2.41. The van der Waals surface area contributed by atoms with Gasteiger partial charge < -0.3 is 24.4 Å². The lowest BCUT2D eigenvalue weighted by Gasteiger charge is -2.22. The first kappa shape index (κ1) is 19.6.